The van der Waals surface area contributed by atoms with Crippen LogP contribution >= 0.6 is 23.2 Å². The molecule has 0 spiro atoms. The maximum Gasteiger partial charge on any atom is 0.416 e. The van der Waals surface area contributed by atoms with E-state index in [1.807, 2.05) is 0 Å². The zero-order valence-corrected chi connectivity index (χ0v) is 20.1. The first kappa shape index (κ1) is 27.3. The van der Waals surface area contributed by atoms with Crippen molar-refractivity contribution in [1.82, 2.24) is 0 Å². The van der Waals surface area contributed by atoms with Gasteiger partial charge in [0.15, 0.2) is 5.75 Å². The van der Waals surface area contributed by atoms with Crippen LogP contribution in [-0.2, 0) is 11.0 Å². The van der Waals surface area contributed by atoms with E-state index in [0.717, 1.165) is 12.1 Å². The Morgan fingerprint density at radius 1 is 1.14 bits per heavy atom. The molecule has 190 valence electrons. The maximum atomic E-state index is 13.0. The molecule has 0 saturated heterocycles. The Morgan fingerprint density at radius 3 is 2.38 bits per heavy atom. The average molecular weight is 552 g/mol. The molecule has 0 fully saturated rings. The third kappa shape index (κ3) is 6.69. The summed E-state index contributed by atoms with van der Waals surface area (Å²) >= 11 is 12.2. The van der Waals surface area contributed by atoms with Crippen LogP contribution < -0.4 is 14.8 Å². The highest BCUT2D eigenvalue weighted by Crippen LogP contribution is 2.42. The first-order valence-corrected chi connectivity index (χ1v) is 10.8. The third-order valence-electron chi connectivity index (χ3n) is 4.74. The monoisotopic (exact) mass is 551 g/mol. The Hall–Kier alpha value is -4.27. The van der Waals surface area contributed by atoms with Crippen LogP contribution in [0.25, 0.3) is 6.08 Å². The molecule has 0 unspecified atom stereocenters. The number of nitro benzene ring substituents is 1. The van der Waals surface area contributed by atoms with Gasteiger partial charge in [0.2, 0.25) is 5.75 Å². The number of nitriles is 1. The summed E-state index contributed by atoms with van der Waals surface area (Å²) in [6.07, 6.45) is -3.75. The average Bonchev–Trinajstić information content (AvgIpc) is 2.84. The number of ether oxygens (including phenoxy) is 2. The van der Waals surface area contributed by atoms with Gasteiger partial charge in [-0.25, -0.2) is 0 Å². The molecular formula is C24H14Cl2F3N3O5. The van der Waals surface area contributed by atoms with Gasteiger partial charge in [-0.1, -0.05) is 23.2 Å². The number of hydrogen-bond donors (Lipinski definition) is 1. The lowest BCUT2D eigenvalue weighted by atomic mass is 10.1. The molecule has 0 atom stereocenters. The summed E-state index contributed by atoms with van der Waals surface area (Å²) in [5.41, 5.74) is -2.33. The van der Waals surface area contributed by atoms with Crippen molar-refractivity contribution < 1.29 is 32.4 Å². The number of alkyl halides is 3. The van der Waals surface area contributed by atoms with E-state index in [9.17, 15) is 33.3 Å². The first-order chi connectivity index (χ1) is 17.4. The van der Waals surface area contributed by atoms with Crippen LogP contribution in [0, 0.1) is 21.4 Å². The molecule has 37 heavy (non-hydrogen) atoms. The van der Waals surface area contributed by atoms with Gasteiger partial charge >= 0.3 is 11.9 Å². The van der Waals surface area contributed by atoms with Crippen molar-refractivity contribution in [2.24, 2.45) is 0 Å². The van der Waals surface area contributed by atoms with Crippen LogP contribution in [0.3, 0.4) is 0 Å². The minimum Gasteiger partial charge on any atom is -0.497 e. The Morgan fingerprint density at radius 2 is 1.81 bits per heavy atom. The molecule has 0 aliphatic rings. The normalized spacial score (nSPS) is 11.4. The quantitative estimate of drug-likeness (QED) is 0.143. The van der Waals surface area contributed by atoms with Gasteiger partial charge < -0.3 is 14.8 Å². The van der Waals surface area contributed by atoms with E-state index in [4.69, 9.17) is 32.7 Å². The highest BCUT2D eigenvalue weighted by atomic mass is 35.5. The number of amides is 1. The highest BCUT2D eigenvalue weighted by molar-refractivity contribution is 6.36. The van der Waals surface area contributed by atoms with Gasteiger partial charge in [0, 0.05) is 22.3 Å². The van der Waals surface area contributed by atoms with Crippen LogP contribution in [0.15, 0.2) is 60.2 Å². The van der Waals surface area contributed by atoms with Gasteiger partial charge in [0.25, 0.3) is 5.91 Å². The number of anilines is 1. The minimum absolute atomic E-state index is 0.0341. The Labute approximate surface area is 217 Å². The van der Waals surface area contributed by atoms with Gasteiger partial charge in [0.05, 0.1) is 22.6 Å². The number of hydrogen-bond acceptors (Lipinski definition) is 6. The minimum atomic E-state index is -4.83. The molecule has 3 aromatic rings. The van der Waals surface area contributed by atoms with Crippen LogP contribution in [0.2, 0.25) is 10.0 Å². The molecule has 0 saturated carbocycles. The smallest absolute Gasteiger partial charge is 0.416 e. The van der Waals surface area contributed by atoms with Crippen LogP contribution in [0.4, 0.5) is 24.5 Å². The molecule has 13 heteroatoms. The maximum absolute atomic E-state index is 13.0. The zero-order chi connectivity index (χ0) is 27.3. The molecule has 0 radical (unpaired) electrons. The summed E-state index contributed by atoms with van der Waals surface area (Å²) in [4.78, 5) is 23.1. The Balaban J connectivity index is 2.02. The van der Waals surface area contributed by atoms with E-state index in [0.29, 0.717) is 23.6 Å². The van der Waals surface area contributed by atoms with Crippen molar-refractivity contribution >= 4 is 46.6 Å². The van der Waals surface area contributed by atoms with Crippen LogP contribution in [-0.4, -0.2) is 17.9 Å². The topological polar surface area (TPSA) is 114 Å². The molecule has 0 aromatic heterocycles. The lowest BCUT2D eigenvalue weighted by Gasteiger charge is -2.14. The van der Waals surface area contributed by atoms with E-state index < -0.39 is 39.6 Å². The molecule has 1 N–H and O–H groups in total. The summed E-state index contributed by atoms with van der Waals surface area (Å²) < 4.78 is 49.7. The number of carbonyl (C=O) groups is 1. The summed E-state index contributed by atoms with van der Waals surface area (Å²) in [6, 6.07) is 12.1. The Kier molecular flexibility index (Phi) is 8.27. The number of methoxy groups -OCH3 is 1. The van der Waals surface area contributed by atoms with Gasteiger partial charge in [-0.3, -0.25) is 14.9 Å². The summed E-state index contributed by atoms with van der Waals surface area (Å²) in [7, 11) is 1.47. The molecule has 0 aliphatic carbocycles. The molecular weight excluding hydrogens is 538 g/mol. The number of benzene rings is 3. The van der Waals surface area contributed by atoms with Gasteiger partial charge in [-0.15, -0.1) is 0 Å². The second-order valence-corrected chi connectivity index (χ2v) is 8.04. The van der Waals surface area contributed by atoms with E-state index in [2.05, 4.69) is 5.32 Å². The number of carbonyl (C=O) groups excluding carboxylic acids is 1. The van der Waals surface area contributed by atoms with Crippen molar-refractivity contribution in [3.8, 4) is 23.3 Å². The van der Waals surface area contributed by atoms with Crippen LogP contribution in [0.1, 0.15) is 11.1 Å². The summed E-state index contributed by atoms with van der Waals surface area (Å²) in [5.74, 6) is -1.10. The van der Waals surface area contributed by atoms with Crippen molar-refractivity contribution in [1.29, 1.82) is 5.26 Å². The lowest BCUT2D eigenvalue weighted by molar-refractivity contribution is -0.385. The SMILES string of the molecule is COc1ccc(NC(=O)/C(C#N)=C/c2cc(Cl)cc(Cl)c2Oc2ccc(C(F)(F)F)cc2[N+](=O)[O-])cc1. The summed E-state index contributed by atoms with van der Waals surface area (Å²) in [5, 5.41) is 23.4. The predicted octanol–water partition coefficient (Wildman–Crippen LogP) is 7.27. The van der Waals surface area contributed by atoms with Crippen molar-refractivity contribution in [3.63, 3.8) is 0 Å². The van der Waals surface area contributed by atoms with E-state index in [1.54, 1.807) is 30.3 Å². The van der Waals surface area contributed by atoms with Gasteiger partial charge in [0.1, 0.15) is 17.4 Å². The number of nitro groups is 1. The first-order valence-electron chi connectivity index (χ1n) is 10.0. The third-order valence-corrected chi connectivity index (χ3v) is 5.24. The van der Waals surface area contributed by atoms with Crippen molar-refractivity contribution in [2.75, 3.05) is 12.4 Å². The molecule has 3 rings (SSSR count). The molecule has 0 bridgehead atoms. The largest absolute Gasteiger partial charge is 0.497 e. The number of rotatable bonds is 7. The highest BCUT2D eigenvalue weighted by Gasteiger charge is 2.33. The number of nitrogens with one attached hydrogen (secondary N) is 1. The molecule has 1 amide bonds. The molecule has 0 heterocycles. The van der Waals surface area contributed by atoms with Crippen molar-refractivity contribution in [2.45, 2.75) is 6.18 Å². The second-order valence-electron chi connectivity index (χ2n) is 7.20. The number of nitrogens with zero attached hydrogens (tertiary/aromatic N) is 2. The number of halogens is 5. The Bertz CT molecular complexity index is 1440. The van der Waals surface area contributed by atoms with E-state index in [-0.39, 0.29) is 21.4 Å². The molecule has 8 nitrogen and oxygen atoms in total. The fourth-order valence-electron chi connectivity index (χ4n) is 3.00. The predicted molar refractivity (Wildman–Crippen MR) is 130 cm³/mol. The fourth-order valence-corrected chi connectivity index (χ4v) is 3.55. The van der Waals surface area contributed by atoms with Crippen molar-refractivity contribution in [3.05, 3.63) is 91.5 Å². The molecule has 3 aromatic carbocycles. The fraction of sp³-hybridized carbons (Fsp3) is 0.0833. The second kappa shape index (κ2) is 11.2. The van der Waals surface area contributed by atoms with E-state index in [1.165, 1.54) is 19.2 Å². The standard InChI is InChI=1S/C24H14Cl2F3N3O5/c1-36-18-5-3-17(4-6-18)31-23(33)14(12-30)8-13-9-16(25)11-19(26)22(13)37-21-7-2-15(24(27,28)29)10-20(21)32(34)35/h2-11H,1H3,(H,31,33)/b14-8+. The van der Waals surface area contributed by atoms with Gasteiger partial charge in [-0.2, -0.15) is 18.4 Å². The van der Waals surface area contributed by atoms with Gasteiger partial charge in [-0.05, 0) is 54.6 Å². The summed E-state index contributed by atoms with van der Waals surface area (Å²) in [6.45, 7) is 0. The molecule has 0 aliphatic heterocycles. The zero-order valence-electron chi connectivity index (χ0n) is 18.6. The lowest BCUT2D eigenvalue weighted by Crippen LogP contribution is -2.13. The van der Waals surface area contributed by atoms with E-state index >= 15 is 0 Å². The van der Waals surface area contributed by atoms with Crippen LogP contribution in [0.5, 0.6) is 17.2 Å².